The molecule has 0 saturated carbocycles. The number of aliphatic hydroxyl groups is 1. The van der Waals surface area contributed by atoms with Gasteiger partial charge in [0.1, 0.15) is 0 Å². The Kier molecular flexibility index (Phi) is 3.01. The molecule has 2 unspecified atom stereocenters. The Bertz CT molecular complexity index is 875. The minimum absolute atomic E-state index is 0.255. The van der Waals surface area contributed by atoms with Crippen molar-refractivity contribution in [3.8, 4) is 23.0 Å². The molecule has 5 nitrogen and oxygen atoms in total. The maximum Gasteiger partial charge on any atom is 0.231 e. The number of hydrogen-bond acceptors (Lipinski definition) is 5. The number of aliphatic hydroxyl groups excluding tert-OH is 1. The molecule has 2 aromatic rings. The van der Waals surface area contributed by atoms with Gasteiger partial charge in [0.25, 0.3) is 0 Å². The fourth-order valence-corrected chi connectivity index (χ4v) is 4.33. The predicted molar refractivity (Wildman–Crippen MR) is 90.6 cm³/mol. The Morgan fingerprint density at radius 3 is 2.44 bits per heavy atom. The van der Waals surface area contributed by atoms with E-state index in [1.54, 1.807) is 0 Å². The van der Waals surface area contributed by atoms with Crippen LogP contribution >= 0.6 is 0 Å². The van der Waals surface area contributed by atoms with Crippen LogP contribution in [-0.2, 0) is 18.3 Å². The van der Waals surface area contributed by atoms with E-state index in [2.05, 4.69) is 19.1 Å². The fraction of sp³-hybridized carbons (Fsp3) is 0.400. The quantitative estimate of drug-likeness (QED) is 0.865. The van der Waals surface area contributed by atoms with Gasteiger partial charge in [-0.25, -0.2) is 0 Å². The van der Waals surface area contributed by atoms with Gasteiger partial charge >= 0.3 is 0 Å². The Labute approximate surface area is 146 Å². The van der Waals surface area contributed by atoms with E-state index in [-0.39, 0.29) is 13.6 Å². The number of rotatable bonds is 1. The second kappa shape index (κ2) is 5.05. The van der Waals surface area contributed by atoms with Crippen molar-refractivity contribution in [2.24, 2.45) is 0 Å². The van der Waals surface area contributed by atoms with Crippen LogP contribution in [0.1, 0.15) is 29.2 Å². The monoisotopic (exact) mass is 340 g/mol. The van der Waals surface area contributed by atoms with E-state index in [1.165, 1.54) is 5.56 Å². The normalized spacial score (nSPS) is 25.8. The Balaban J connectivity index is 1.60. The molecule has 130 valence electrons. The van der Waals surface area contributed by atoms with E-state index in [0.717, 1.165) is 46.1 Å². The third kappa shape index (κ3) is 2.05. The van der Waals surface area contributed by atoms with Crippen LogP contribution in [-0.4, -0.2) is 24.8 Å². The fourth-order valence-electron chi connectivity index (χ4n) is 4.33. The van der Waals surface area contributed by atoms with Crippen LogP contribution < -0.4 is 18.9 Å². The first-order valence-electron chi connectivity index (χ1n) is 8.55. The topological polar surface area (TPSA) is 57.2 Å². The van der Waals surface area contributed by atoms with Gasteiger partial charge in [0, 0.05) is 5.41 Å². The molecular weight excluding hydrogens is 320 g/mol. The molecule has 1 N–H and O–H groups in total. The molecule has 0 bridgehead atoms. The molecule has 2 heterocycles. The minimum atomic E-state index is -0.487. The molecule has 2 aromatic carbocycles. The summed E-state index contributed by atoms with van der Waals surface area (Å²) < 4.78 is 22.1. The Morgan fingerprint density at radius 2 is 1.64 bits per heavy atom. The zero-order valence-electron chi connectivity index (χ0n) is 14.3. The third-order valence-electron chi connectivity index (χ3n) is 5.80. The molecule has 2 atom stereocenters. The summed E-state index contributed by atoms with van der Waals surface area (Å²) in [6.07, 6.45) is 0.844. The highest BCUT2D eigenvalue weighted by atomic mass is 16.7. The third-order valence-corrected chi connectivity index (χ3v) is 5.80. The number of hydrogen-bond donors (Lipinski definition) is 1. The molecule has 3 aliphatic rings. The summed E-state index contributed by atoms with van der Waals surface area (Å²) >= 11 is 0. The number of fused-ring (bicyclic) bond motifs is 3. The van der Waals surface area contributed by atoms with Gasteiger partial charge in [-0.2, -0.15) is 0 Å². The smallest absolute Gasteiger partial charge is 0.231 e. The zero-order valence-corrected chi connectivity index (χ0v) is 14.3. The predicted octanol–water partition coefficient (Wildman–Crippen LogP) is 2.87. The highest BCUT2D eigenvalue weighted by Gasteiger charge is 2.42. The van der Waals surface area contributed by atoms with Gasteiger partial charge in [0.2, 0.25) is 13.6 Å². The lowest BCUT2D eigenvalue weighted by Crippen LogP contribution is -2.44. The van der Waals surface area contributed by atoms with Gasteiger partial charge in [-0.15, -0.1) is 0 Å². The molecule has 5 rings (SSSR count). The van der Waals surface area contributed by atoms with Crippen molar-refractivity contribution < 1.29 is 24.1 Å². The highest BCUT2D eigenvalue weighted by Crippen LogP contribution is 2.47. The van der Waals surface area contributed by atoms with Crippen molar-refractivity contribution in [2.75, 3.05) is 13.6 Å². The summed E-state index contributed by atoms with van der Waals surface area (Å²) in [6, 6.07) is 8.07. The van der Waals surface area contributed by atoms with Crippen LogP contribution in [0.3, 0.4) is 0 Å². The molecule has 2 aliphatic heterocycles. The number of benzene rings is 2. The van der Waals surface area contributed by atoms with Gasteiger partial charge < -0.3 is 24.1 Å². The van der Waals surface area contributed by atoms with E-state index >= 15 is 0 Å². The van der Waals surface area contributed by atoms with Crippen molar-refractivity contribution in [2.45, 2.75) is 38.2 Å². The first-order valence-corrected chi connectivity index (χ1v) is 8.55. The van der Waals surface area contributed by atoms with Crippen molar-refractivity contribution >= 4 is 0 Å². The standard InChI is InChI=1S/C20H20O5/c1-11-14(3-4-15-19(11)25-10-22-15)20(2)8-13-6-17-16(23-9-24-17)5-12(13)7-18(20)21/h3-6,18,21H,7-10H2,1-2H3. The molecule has 5 heteroatoms. The summed E-state index contributed by atoms with van der Waals surface area (Å²) in [5.74, 6) is 3.13. The SMILES string of the molecule is Cc1c(C2(C)Cc3cc4c(cc3CC2O)OCO4)ccc2c1OCO2. The Morgan fingerprint density at radius 1 is 0.960 bits per heavy atom. The summed E-state index contributed by atoms with van der Waals surface area (Å²) in [5.41, 5.74) is 4.08. The lowest BCUT2D eigenvalue weighted by atomic mass is 9.66. The van der Waals surface area contributed by atoms with Gasteiger partial charge in [-0.1, -0.05) is 13.0 Å². The summed E-state index contributed by atoms with van der Waals surface area (Å²) in [5, 5.41) is 11.0. The average Bonchev–Trinajstić information content (AvgIpc) is 3.23. The lowest BCUT2D eigenvalue weighted by molar-refractivity contribution is 0.0809. The number of ether oxygens (including phenoxy) is 4. The second-order valence-electron chi connectivity index (χ2n) is 7.26. The molecule has 0 saturated heterocycles. The maximum absolute atomic E-state index is 11.0. The molecule has 0 fully saturated rings. The van der Waals surface area contributed by atoms with Crippen molar-refractivity contribution in [1.82, 2.24) is 0 Å². The second-order valence-corrected chi connectivity index (χ2v) is 7.26. The summed E-state index contributed by atoms with van der Waals surface area (Å²) in [6.45, 7) is 4.68. The molecular formula is C20H20O5. The van der Waals surface area contributed by atoms with E-state index in [0.29, 0.717) is 6.42 Å². The lowest BCUT2D eigenvalue weighted by Gasteiger charge is -2.41. The van der Waals surface area contributed by atoms with Gasteiger partial charge in [0.05, 0.1) is 6.10 Å². The largest absolute Gasteiger partial charge is 0.454 e. The molecule has 1 aliphatic carbocycles. The molecule has 0 radical (unpaired) electrons. The molecule has 0 amide bonds. The van der Waals surface area contributed by atoms with E-state index < -0.39 is 11.5 Å². The van der Waals surface area contributed by atoms with Crippen molar-refractivity contribution in [3.63, 3.8) is 0 Å². The minimum Gasteiger partial charge on any atom is -0.454 e. The van der Waals surface area contributed by atoms with Crippen LogP contribution in [0.25, 0.3) is 0 Å². The Hall–Kier alpha value is -2.40. The van der Waals surface area contributed by atoms with Gasteiger partial charge in [0.15, 0.2) is 23.0 Å². The molecule has 0 spiro atoms. The van der Waals surface area contributed by atoms with Crippen LogP contribution in [0, 0.1) is 6.92 Å². The van der Waals surface area contributed by atoms with Crippen LogP contribution in [0.2, 0.25) is 0 Å². The molecule has 0 aromatic heterocycles. The van der Waals surface area contributed by atoms with Crippen LogP contribution in [0.4, 0.5) is 0 Å². The van der Waals surface area contributed by atoms with Crippen LogP contribution in [0.5, 0.6) is 23.0 Å². The first kappa shape index (κ1) is 14.9. The highest BCUT2D eigenvalue weighted by molar-refractivity contribution is 5.56. The van der Waals surface area contributed by atoms with Crippen molar-refractivity contribution in [3.05, 3.63) is 46.5 Å². The summed E-state index contributed by atoms with van der Waals surface area (Å²) in [4.78, 5) is 0. The maximum atomic E-state index is 11.0. The molecule has 25 heavy (non-hydrogen) atoms. The van der Waals surface area contributed by atoms with E-state index in [1.807, 2.05) is 19.1 Å². The average molecular weight is 340 g/mol. The van der Waals surface area contributed by atoms with Gasteiger partial charge in [-0.3, -0.25) is 0 Å². The van der Waals surface area contributed by atoms with Crippen molar-refractivity contribution in [1.29, 1.82) is 0 Å². The van der Waals surface area contributed by atoms with E-state index in [9.17, 15) is 5.11 Å². The zero-order chi connectivity index (χ0) is 17.2. The van der Waals surface area contributed by atoms with E-state index in [4.69, 9.17) is 18.9 Å². The van der Waals surface area contributed by atoms with Gasteiger partial charge in [-0.05, 0) is 60.2 Å². The first-order chi connectivity index (χ1) is 12.1. The summed E-state index contributed by atoms with van der Waals surface area (Å²) in [7, 11) is 0. The van der Waals surface area contributed by atoms with Crippen LogP contribution in [0.15, 0.2) is 24.3 Å².